The highest BCUT2D eigenvalue weighted by Gasteiger charge is 2.44. The van der Waals surface area contributed by atoms with Crippen LogP contribution in [0.25, 0.3) is 0 Å². The van der Waals surface area contributed by atoms with E-state index in [2.05, 4.69) is 0 Å². The molecule has 0 aliphatic carbocycles. The van der Waals surface area contributed by atoms with E-state index >= 15 is 0 Å². The molecular formula is C13H21NO4. The largest absolute Gasteiger partial charge is 0.478 e. The number of aliphatic carboxylic acids is 1. The van der Waals surface area contributed by atoms with Gasteiger partial charge in [0.05, 0.1) is 11.1 Å². The van der Waals surface area contributed by atoms with Crippen LogP contribution in [-0.4, -0.2) is 33.2 Å². The first kappa shape index (κ1) is 14.7. The van der Waals surface area contributed by atoms with E-state index < -0.39 is 11.9 Å². The van der Waals surface area contributed by atoms with Gasteiger partial charge >= 0.3 is 11.9 Å². The Labute approximate surface area is 107 Å². The van der Waals surface area contributed by atoms with Crippen molar-refractivity contribution in [3.8, 4) is 0 Å². The number of rotatable bonds is 3. The summed E-state index contributed by atoms with van der Waals surface area (Å²) in [6.07, 6.45) is 4.67. The number of hydroxylamine groups is 2. The van der Waals surface area contributed by atoms with Crippen molar-refractivity contribution in [2.75, 3.05) is 0 Å². The van der Waals surface area contributed by atoms with Gasteiger partial charge in [-0.1, -0.05) is 0 Å². The molecular weight excluding hydrogens is 234 g/mol. The van der Waals surface area contributed by atoms with Crippen molar-refractivity contribution < 1.29 is 19.5 Å². The maximum Gasteiger partial charge on any atom is 0.349 e. The Balaban J connectivity index is 2.78. The number of carboxylic acids is 1. The van der Waals surface area contributed by atoms with Gasteiger partial charge in [-0.05, 0) is 47.0 Å². The molecule has 102 valence electrons. The van der Waals surface area contributed by atoms with E-state index in [-0.39, 0.29) is 11.1 Å². The first-order valence-corrected chi connectivity index (χ1v) is 6.08. The Morgan fingerprint density at radius 1 is 1.11 bits per heavy atom. The van der Waals surface area contributed by atoms with Gasteiger partial charge in [0, 0.05) is 12.2 Å². The van der Waals surface area contributed by atoms with Crippen molar-refractivity contribution in [3.05, 3.63) is 12.2 Å². The van der Waals surface area contributed by atoms with Gasteiger partial charge in [-0.3, -0.25) is 0 Å². The minimum Gasteiger partial charge on any atom is -0.478 e. The lowest BCUT2D eigenvalue weighted by atomic mass is 9.82. The molecule has 0 spiro atoms. The van der Waals surface area contributed by atoms with Gasteiger partial charge in [-0.15, -0.1) is 5.06 Å². The van der Waals surface area contributed by atoms with E-state index in [1.807, 2.05) is 27.7 Å². The SMILES string of the molecule is CC1(C)CCCC(C)(C)N1OC(=O)/C=C/C(=O)O. The molecule has 5 nitrogen and oxygen atoms in total. The van der Waals surface area contributed by atoms with Gasteiger partial charge in [-0.2, -0.15) is 0 Å². The van der Waals surface area contributed by atoms with Crippen LogP contribution in [0.1, 0.15) is 47.0 Å². The molecule has 0 radical (unpaired) electrons. The smallest absolute Gasteiger partial charge is 0.349 e. The minimum absolute atomic E-state index is 0.242. The molecule has 1 aliphatic rings. The summed E-state index contributed by atoms with van der Waals surface area (Å²) in [5, 5.41) is 10.2. The second-order valence-corrected chi connectivity index (χ2v) is 5.85. The standard InChI is InChI=1S/C13H21NO4/c1-12(2)8-5-9-13(3,4)14(12)18-11(17)7-6-10(15)16/h6-7H,5,8-9H2,1-4H3,(H,15,16)/b7-6+. The van der Waals surface area contributed by atoms with E-state index in [9.17, 15) is 9.59 Å². The Kier molecular flexibility index (Phi) is 4.16. The summed E-state index contributed by atoms with van der Waals surface area (Å²) in [7, 11) is 0. The molecule has 0 aromatic carbocycles. The molecule has 5 heteroatoms. The van der Waals surface area contributed by atoms with E-state index in [0.717, 1.165) is 31.4 Å². The van der Waals surface area contributed by atoms with Crippen LogP contribution in [0.15, 0.2) is 12.2 Å². The van der Waals surface area contributed by atoms with Crippen LogP contribution in [0.3, 0.4) is 0 Å². The molecule has 0 aromatic rings. The lowest BCUT2D eigenvalue weighted by Gasteiger charge is -2.50. The molecule has 0 amide bonds. The van der Waals surface area contributed by atoms with Crippen LogP contribution >= 0.6 is 0 Å². The fraction of sp³-hybridized carbons (Fsp3) is 0.692. The van der Waals surface area contributed by atoms with E-state index in [4.69, 9.17) is 9.94 Å². The van der Waals surface area contributed by atoms with E-state index in [1.54, 1.807) is 5.06 Å². The average Bonchev–Trinajstić information content (AvgIpc) is 2.20. The van der Waals surface area contributed by atoms with Crippen molar-refractivity contribution in [2.24, 2.45) is 0 Å². The van der Waals surface area contributed by atoms with Gasteiger partial charge < -0.3 is 9.94 Å². The molecule has 0 aromatic heterocycles. The van der Waals surface area contributed by atoms with Gasteiger partial charge in [0.15, 0.2) is 0 Å². The number of hydrogen-bond donors (Lipinski definition) is 1. The lowest BCUT2D eigenvalue weighted by Crippen LogP contribution is -2.58. The van der Waals surface area contributed by atoms with E-state index in [1.165, 1.54) is 0 Å². The number of nitrogens with zero attached hydrogens (tertiary/aromatic N) is 1. The number of carbonyl (C=O) groups is 2. The molecule has 0 atom stereocenters. The summed E-state index contributed by atoms with van der Waals surface area (Å²) in [5.74, 6) is -1.82. The first-order valence-electron chi connectivity index (χ1n) is 6.08. The molecule has 0 saturated carbocycles. The zero-order valence-corrected chi connectivity index (χ0v) is 11.4. The number of piperidine rings is 1. The number of carboxylic acid groups (broad SMARTS) is 1. The van der Waals surface area contributed by atoms with Crippen LogP contribution < -0.4 is 0 Å². The van der Waals surface area contributed by atoms with Gasteiger partial charge in [0.1, 0.15) is 0 Å². The maximum atomic E-state index is 11.6. The van der Waals surface area contributed by atoms with Crippen molar-refractivity contribution in [2.45, 2.75) is 58.0 Å². The van der Waals surface area contributed by atoms with Gasteiger partial charge in [-0.25, -0.2) is 9.59 Å². The maximum absolute atomic E-state index is 11.6. The summed E-state index contributed by atoms with van der Waals surface area (Å²) < 4.78 is 0. The van der Waals surface area contributed by atoms with Gasteiger partial charge in [0.25, 0.3) is 0 Å². The fourth-order valence-corrected chi connectivity index (χ4v) is 2.48. The zero-order chi connectivity index (χ0) is 14.0. The van der Waals surface area contributed by atoms with Crippen LogP contribution in [0, 0.1) is 0 Å². The Morgan fingerprint density at radius 2 is 1.61 bits per heavy atom. The highest BCUT2D eigenvalue weighted by Crippen LogP contribution is 2.38. The second-order valence-electron chi connectivity index (χ2n) is 5.85. The monoisotopic (exact) mass is 255 g/mol. The molecule has 1 fully saturated rings. The molecule has 1 rings (SSSR count). The minimum atomic E-state index is -1.16. The lowest BCUT2D eigenvalue weighted by molar-refractivity contribution is -0.261. The molecule has 1 saturated heterocycles. The summed E-state index contributed by atoms with van der Waals surface area (Å²) in [4.78, 5) is 27.2. The van der Waals surface area contributed by atoms with Crippen molar-refractivity contribution >= 4 is 11.9 Å². The quantitative estimate of drug-likeness (QED) is 0.782. The third-order valence-corrected chi connectivity index (χ3v) is 3.22. The number of hydrogen-bond acceptors (Lipinski definition) is 4. The summed E-state index contributed by atoms with van der Waals surface area (Å²) in [6.45, 7) is 8.06. The predicted octanol–water partition coefficient (Wildman–Crippen LogP) is 2.13. The van der Waals surface area contributed by atoms with E-state index in [0.29, 0.717) is 0 Å². The summed E-state index contributed by atoms with van der Waals surface area (Å²) in [6, 6.07) is 0. The molecule has 18 heavy (non-hydrogen) atoms. The average molecular weight is 255 g/mol. The predicted molar refractivity (Wildman–Crippen MR) is 66.7 cm³/mol. The molecule has 0 unspecified atom stereocenters. The molecule has 1 heterocycles. The van der Waals surface area contributed by atoms with Crippen LogP contribution in [0.4, 0.5) is 0 Å². The molecule has 0 bridgehead atoms. The third kappa shape index (κ3) is 3.57. The summed E-state index contributed by atoms with van der Waals surface area (Å²) in [5.41, 5.74) is -0.483. The Hall–Kier alpha value is -1.36. The van der Waals surface area contributed by atoms with Crippen molar-refractivity contribution in [1.29, 1.82) is 0 Å². The van der Waals surface area contributed by atoms with Crippen molar-refractivity contribution in [3.63, 3.8) is 0 Å². The number of carbonyl (C=O) groups excluding carboxylic acids is 1. The Morgan fingerprint density at radius 3 is 2.06 bits per heavy atom. The third-order valence-electron chi connectivity index (χ3n) is 3.22. The zero-order valence-electron chi connectivity index (χ0n) is 11.4. The second kappa shape index (κ2) is 5.10. The first-order chi connectivity index (χ1) is 8.15. The Bertz CT molecular complexity index is 355. The van der Waals surface area contributed by atoms with Gasteiger partial charge in [0.2, 0.25) is 0 Å². The molecule has 1 aliphatic heterocycles. The highest BCUT2D eigenvalue weighted by atomic mass is 16.7. The fourth-order valence-electron chi connectivity index (χ4n) is 2.48. The van der Waals surface area contributed by atoms with Crippen LogP contribution in [0.2, 0.25) is 0 Å². The highest BCUT2D eigenvalue weighted by molar-refractivity contribution is 5.90. The van der Waals surface area contributed by atoms with Crippen LogP contribution in [-0.2, 0) is 14.4 Å². The summed E-state index contributed by atoms with van der Waals surface area (Å²) >= 11 is 0. The van der Waals surface area contributed by atoms with Crippen molar-refractivity contribution in [1.82, 2.24) is 5.06 Å². The normalized spacial score (nSPS) is 22.9. The topological polar surface area (TPSA) is 66.8 Å². The molecule has 1 N–H and O–H groups in total. The van der Waals surface area contributed by atoms with Crippen LogP contribution in [0.5, 0.6) is 0 Å².